The van der Waals surface area contributed by atoms with Crippen molar-refractivity contribution in [3.05, 3.63) is 66.0 Å². The van der Waals surface area contributed by atoms with Gasteiger partial charge in [-0.3, -0.25) is 4.98 Å². The van der Waals surface area contributed by atoms with Crippen LogP contribution >= 0.6 is 0 Å². The fourth-order valence-electron chi connectivity index (χ4n) is 2.13. The maximum Gasteiger partial charge on any atom is 0.136 e. The number of pyridine rings is 1. The number of hydrogen-bond acceptors (Lipinski definition) is 3. The average molecular weight is 265 g/mol. The largest absolute Gasteiger partial charge is 0.457 e. The molecule has 20 heavy (non-hydrogen) atoms. The van der Waals surface area contributed by atoms with Crippen LogP contribution < -0.4 is 4.74 Å². The van der Waals surface area contributed by atoms with Crippen LogP contribution in [0.5, 0.6) is 11.5 Å². The zero-order valence-corrected chi connectivity index (χ0v) is 11.2. The lowest BCUT2D eigenvalue weighted by atomic mass is 10.1. The number of rotatable bonds is 3. The van der Waals surface area contributed by atoms with Gasteiger partial charge in [-0.15, -0.1) is 0 Å². The van der Waals surface area contributed by atoms with Crippen molar-refractivity contribution in [1.29, 1.82) is 0 Å². The minimum Gasteiger partial charge on any atom is -0.457 e. The van der Waals surface area contributed by atoms with Gasteiger partial charge >= 0.3 is 0 Å². The number of aryl methyl sites for hydroxylation is 1. The Kier molecular flexibility index (Phi) is 3.35. The molecular weight excluding hydrogens is 250 g/mol. The number of ether oxygens (including phenoxy) is 1. The fourth-order valence-corrected chi connectivity index (χ4v) is 2.13. The molecule has 1 aromatic heterocycles. The predicted octanol–water partition coefficient (Wildman–Crippen LogP) is 3.83. The number of aromatic nitrogens is 1. The van der Waals surface area contributed by atoms with Gasteiger partial charge in [-0.1, -0.05) is 30.3 Å². The molecule has 0 unspecified atom stereocenters. The van der Waals surface area contributed by atoms with E-state index in [1.807, 2.05) is 49.4 Å². The molecule has 0 amide bonds. The summed E-state index contributed by atoms with van der Waals surface area (Å²) in [5.41, 5.74) is 1.54. The summed E-state index contributed by atoms with van der Waals surface area (Å²) in [7, 11) is 0. The molecular formula is C17H15NO2. The highest BCUT2D eigenvalue weighted by Gasteiger charge is 2.06. The topological polar surface area (TPSA) is 42.4 Å². The predicted molar refractivity (Wildman–Crippen MR) is 78.9 cm³/mol. The SMILES string of the molecule is Cc1cc(Oc2ccc3ccccc3c2)c(CO)cn1. The molecule has 0 saturated carbocycles. The molecule has 3 nitrogen and oxygen atoms in total. The van der Waals surface area contributed by atoms with E-state index in [1.54, 1.807) is 6.20 Å². The Labute approximate surface area is 117 Å². The van der Waals surface area contributed by atoms with Crippen LogP contribution in [0.1, 0.15) is 11.3 Å². The summed E-state index contributed by atoms with van der Waals surface area (Å²) in [5, 5.41) is 11.6. The van der Waals surface area contributed by atoms with Gasteiger partial charge in [0.25, 0.3) is 0 Å². The number of benzene rings is 2. The van der Waals surface area contributed by atoms with E-state index in [9.17, 15) is 5.11 Å². The summed E-state index contributed by atoms with van der Waals surface area (Å²) >= 11 is 0. The molecule has 0 aliphatic carbocycles. The Morgan fingerprint density at radius 3 is 2.65 bits per heavy atom. The highest BCUT2D eigenvalue weighted by Crippen LogP contribution is 2.28. The first-order valence-electron chi connectivity index (χ1n) is 6.49. The lowest BCUT2D eigenvalue weighted by Gasteiger charge is -2.10. The van der Waals surface area contributed by atoms with Gasteiger partial charge in [0.15, 0.2) is 0 Å². The van der Waals surface area contributed by atoms with Crippen molar-refractivity contribution < 1.29 is 9.84 Å². The van der Waals surface area contributed by atoms with Crippen LogP contribution in [0.4, 0.5) is 0 Å². The summed E-state index contributed by atoms with van der Waals surface area (Å²) in [4.78, 5) is 4.16. The third kappa shape index (κ3) is 2.49. The summed E-state index contributed by atoms with van der Waals surface area (Å²) < 4.78 is 5.89. The third-order valence-corrected chi connectivity index (χ3v) is 3.20. The van der Waals surface area contributed by atoms with E-state index in [1.165, 1.54) is 5.39 Å². The van der Waals surface area contributed by atoms with Crippen LogP contribution in [-0.4, -0.2) is 10.1 Å². The first kappa shape index (κ1) is 12.6. The molecule has 100 valence electrons. The standard InChI is InChI=1S/C17H15NO2/c1-12-8-17(15(11-19)10-18-12)20-16-7-6-13-4-2-3-5-14(13)9-16/h2-10,19H,11H2,1H3. The van der Waals surface area contributed by atoms with Gasteiger partial charge < -0.3 is 9.84 Å². The van der Waals surface area contributed by atoms with Gasteiger partial charge in [0, 0.05) is 23.5 Å². The van der Waals surface area contributed by atoms with Crippen LogP contribution in [0.3, 0.4) is 0 Å². The van der Waals surface area contributed by atoms with Crippen molar-refractivity contribution in [2.24, 2.45) is 0 Å². The van der Waals surface area contributed by atoms with E-state index in [0.717, 1.165) is 16.8 Å². The molecule has 1 heterocycles. The highest BCUT2D eigenvalue weighted by molar-refractivity contribution is 5.83. The van der Waals surface area contributed by atoms with E-state index in [2.05, 4.69) is 11.1 Å². The van der Waals surface area contributed by atoms with Crippen molar-refractivity contribution in [2.75, 3.05) is 0 Å². The average Bonchev–Trinajstić information content (AvgIpc) is 2.47. The Hall–Kier alpha value is -2.39. The van der Waals surface area contributed by atoms with Gasteiger partial charge in [-0.05, 0) is 29.8 Å². The zero-order valence-electron chi connectivity index (χ0n) is 11.2. The monoisotopic (exact) mass is 265 g/mol. The summed E-state index contributed by atoms with van der Waals surface area (Å²) in [6.45, 7) is 1.81. The van der Waals surface area contributed by atoms with Crippen LogP contribution in [-0.2, 0) is 6.61 Å². The van der Waals surface area contributed by atoms with E-state index < -0.39 is 0 Å². The molecule has 0 fully saturated rings. The molecule has 0 spiro atoms. The van der Waals surface area contributed by atoms with Crippen LogP contribution in [0.25, 0.3) is 10.8 Å². The fraction of sp³-hybridized carbons (Fsp3) is 0.118. The van der Waals surface area contributed by atoms with Crippen molar-refractivity contribution in [1.82, 2.24) is 4.98 Å². The molecule has 1 N–H and O–H groups in total. The molecule has 0 aliphatic heterocycles. The molecule has 0 radical (unpaired) electrons. The van der Waals surface area contributed by atoms with E-state index in [0.29, 0.717) is 11.3 Å². The molecule has 3 rings (SSSR count). The normalized spacial score (nSPS) is 10.7. The maximum atomic E-state index is 9.34. The smallest absolute Gasteiger partial charge is 0.136 e. The number of fused-ring (bicyclic) bond motifs is 1. The summed E-state index contributed by atoms with van der Waals surface area (Å²) in [5.74, 6) is 1.40. The number of aliphatic hydroxyl groups is 1. The van der Waals surface area contributed by atoms with Gasteiger partial charge in [-0.2, -0.15) is 0 Å². The number of hydrogen-bond donors (Lipinski definition) is 1. The number of nitrogens with zero attached hydrogens (tertiary/aromatic N) is 1. The zero-order chi connectivity index (χ0) is 13.9. The Balaban J connectivity index is 1.98. The minimum absolute atomic E-state index is 0.0871. The van der Waals surface area contributed by atoms with Crippen molar-refractivity contribution >= 4 is 10.8 Å². The minimum atomic E-state index is -0.0871. The molecule has 0 saturated heterocycles. The van der Waals surface area contributed by atoms with Crippen LogP contribution in [0.2, 0.25) is 0 Å². The first-order chi connectivity index (χ1) is 9.76. The Morgan fingerprint density at radius 1 is 1.05 bits per heavy atom. The van der Waals surface area contributed by atoms with Gasteiger partial charge in [-0.25, -0.2) is 0 Å². The van der Waals surface area contributed by atoms with Gasteiger partial charge in [0.2, 0.25) is 0 Å². The van der Waals surface area contributed by atoms with Crippen molar-refractivity contribution in [3.8, 4) is 11.5 Å². The maximum absolute atomic E-state index is 9.34. The molecule has 0 bridgehead atoms. The second-order valence-corrected chi connectivity index (χ2v) is 4.70. The van der Waals surface area contributed by atoms with E-state index in [-0.39, 0.29) is 6.61 Å². The van der Waals surface area contributed by atoms with Crippen LogP contribution in [0.15, 0.2) is 54.7 Å². The van der Waals surface area contributed by atoms with Gasteiger partial charge in [0.1, 0.15) is 11.5 Å². The highest BCUT2D eigenvalue weighted by atomic mass is 16.5. The van der Waals surface area contributed by atoms with Gasteiger partial charge in [0.05, 0.1) is 6.61 Å². The number of aliphatic hydroxyl groups excluding tert-OH is 1. The first-order valence-corrected chi connectivity index (χ1v) is 6.49. The Bertz CT molecular complexity index is 753. The lowest BCUT2D eigenvalue weighted by molar-refractivity contribution is 0.276. The molecule has 3 heteroatoms. The quantitative estimate of drug-likeness (QED) is 0.782. The van der Waals surface area contributed by atoms with Crippen molar-refractivity contribution in [2.45, 2.75) is 13.5 Å². The second-order valence-electron chi connectivity index (χ2n) is 4.70. The summed E-state index contributed by atoms with van der Waals surface area (Å²) in [6.07, 6.45) is 1.64. The van der Waals surface area contributed by atoms with E-state index in [4.69, 9.17) is 4.74 Å². The molecule has 0 atom stereocenters. The molecule has 3 aromatic rings. The molecule has 0 aliphatic rings. The third-order valence-electron chi connectivity index (χ3n) is 3.20. The molecule has 2 aromatic carbocycles. The van der Waals surface area contributed by atoms with Crippen molar-refractivity contribution in [3.63, 3.8) is 0 Å². The van der Waals surface area contributed by atoms with E-state index >= 15 is 0 Å². The summed E-state index contributed by atoms with van der Waals surface area (Å²) in [6, 6.07) is 15.9. The Morgan fingerprint density at radius 2 is 1.85 bits per heavy atom. The second kappa shape index (κ2) is 5.31. The van der Waals surface area contributed by atoms with Crippen LogP contribution in [0, 0.1) is 6.92 Å². The lowest BCUT2D eigenvalue weighted by Crippen LogP contribution is -1.94.